The van der Waals surface area contributed by atoms with Gasteiger partial charge in [0.05, 0.1) is 10.7 Å². The van der Waals surface area contributed by atoms with Crippen LogP contribution in [-0.4, -0.2) is 18.1 Å². The maximum absolute atomic E-state index is 13.6. The number of aromatic nitrogens is 1. The van der Waals surface area contributed by atoms with Crippen molar-refractivity contribution in [2.45, 2.75) is 25.7 Å². The van der Waals surface area contributed by atoms with E-state index in [0.717, 1.165) is 37.2 Å². The van der Waals surface area contributed by atoms with E-state index < -0.39 is 0 Å². The number of benzene rings is 1. The van der Waals surface area contributed by atoms with Crippen LogP contribution in [0.15, 0.2) is 23.6 Å². The molecule has 0 radical (unpaired) electrons. The van der Waals surface area contributed by atoms with Gasteiger partial charge in [-0.3, -0.25) is 0 Å². The molecule has 1 N–H and O–H groups in total. The number of aryl methyl sites for hydroxylation is 1. The molecule has 0 aliphatic carbocycles. The molecule has 1 aliphatic rings. The van der Waals surface area contributed by atoms with Crippen LogP contribution in [0.2, 0.25) is 0 Å². The Kier molecular flexibility index (Phi) is 3.62. The van der Waals surface area contributed by atoms with Crippen molar-refractivity contribution in [2.24, 2.45) is 0 Å². The number of halogens is 1. The summed E-state index contributed by atoms with van der Waals surface area (Å²) in [5.41, 5.74) is 2.45. The molecule has 4 heteroatoms. The van der Waals surface area contributed by atoms with Crippen LogP contribution in [0.4, 0.5) is 4.39 Å². The summed E-state index contributed by atoms with van der Waals surface area (Å²) in [7, 11) is 0. The third-order valence-electron chi connectivity index (χ3n) is 3.68. The zero-order valence-electron chi connectivity index (χ0n) is 10.9. The topological polar surface area (TPSA) is 24.9 Å². The molecular formula is C15H17FN2S. The molecule has 2 heterocycles. The lowest BCUT2D eigenvalue weighted by Crippen LogP contribution is -2.26. The molecule has 1 saturated heterocycles. The second-order valence-electron chi connectivity index (χ2n) is 5.06. The Morgan fingerprint density at radius 3 is 2.84 bits per heavy atom. The van der Waals surface area contributed by atoms with Crippen LogP contribution in [0.25, 0.3) is 11.3 Å². The summed E-state index contributed by atoms with van der Waals surface area (Å²) in [6, 6.07) is 5.34. The SMILES string of the molecule is Cc1ccc(-c2csc(C3CCNCC3)n2)cc1F. The van der Waals surface area contributed by atoms with Crippen molar-refractivity contribution in [3.63, 3.8) is 0 Å². The van der Waals surface area contributed by atoms with E-state index in [0.29, 0.717) is 11.5 Å². The smallest absolute Gasteiger partial charge is 0.126 e. The zero-order valence-corrected chi connectivity index (χ0v) is 11.8. The molecule has 1 aromatic carbocycles. The normalized spacial score (nSPS) is 16.7. The van der Waals surface area contributed by atoms with Crippen molar-refractivity contribution in [3.8, 4) is 11.3 Å². The van der Waals surface area contributed by atoms with Gasteiger partial charge in [-0.2, -0.15) is 0 Å². The van der Waals surface area contributed by atoms with E-state index in [1.807, 2.05) is 17.5 Å². The summed E-state index contributed by atoms with van der Waals surface area (Å²) in [6.45, 7) is 3.91. The Hall–Kier alpha value is -1.26. The van der Waals surface area contributed by atoms with Gasteiger partial charge in [-0.25, -0.2) is 9.37 Å². The average molecular weight is 276 g/mol. The fourth-order valence-electron chi connectivity index (χ4n) is 2.43. The molecule has 0 amide bonds. The summed E-state index contributed by atoms with van der Waals surface area (Å²) in [5, 5.41) is 6.60. The fraction of sp³-hybridized carbons (Fsp3) is 0.400. The van der Waals surface area contributed by atoms with Crippen LogP contribution >= 0.6 is 11.3 Å². The Morgan fingerprint density at radius 1 is 1.32 bits per heavy atom. The third kappa shape index (κ3) is 2.69. The summed E-state index contributed by atoms with van der Waals surface area (Å²) < 4.78 is 13.6. The number of piperidine rings is 1. The van der Waals surface area contributed by atoms with E-state index in [1.54, 1.807) is 24.3 Å². The first-order valence-electron chi connectivity index (χ1n) is 6.67. The first-order valence-corrected chi connectivity index (χ1v) is 7.54. The van der Waals surface area contributed by atoms with Crippen molar-refractivity contribution in [1.29, 1.82) is 0 Å². The van der Waals surface area contributed by atoms with Gasteiger partial charge in [-0.15, -0.1) is 11.3 Å². The number of rotatable bonds is 2. The molecule has 100 valence electrons. The highest BCUT2D eigenvalue weighted by Crippen LogP contribution is 2.31. The molecule has 1 aromatic heterocycles. The van der Waals surface area contributed by atoms with Crippen LogP contribution in [0.1, 0.15) is 29.3 Å². The quantitative estimate of drug-likeness (QED) is 0.904. The minimum atomic E-state index is -0.158. The molecular weight excluding hydrogens is 259 g/mol. The van der Waals surface area contributed by atoms with Gasteiger partial charge in [0, 0.05) is 16.9 Å². The lowest BCUT2D eigenvalue weighted by molar-refractivity contribution is 0.459. The maximum atomic E-state index is 13.6. The molecule has 0 unspecified atom stereocenters. The first kappa shape index (κ1) is 12.8. The van der Waals surface area contributed by atoms with E-state index in [4.69, 9.17) is 4.98 Å². The monoisotopic (exact) mass is 276 g/mol. The van der Waals surface area contributed by atoms with Gasteiger partial charge >= 0.3 is 0 Å². The standard InChI is InChI=1S/C15H17FN2S/c1-10-2-3-12(8-13(10)16)14-9-19-15(18-14)11-4-6-17-7-5-11/h2-3,8-9,11,17H,4-7H2,1H3. The number of hydrogen-bond acceptors (Lipinski definition) is 3. The van der Waals surface area contributed by atoms with E-state index >= 15 is 0 Å². The molecule has 2 nitrogen and oxygen atoms in total. The van der Waals surface area contributed by atoms with Gasteiger partial charge in [-0.1, -0.05) is 12.1 Å². The van der Waals surface area contributed by atoms with Crippen LogP contribution in [0, 0.1) is 12.7 Å². The minimum absolute atomic E-state index is 0.158. The summed E-state index contributed by atoms with van der Waals surface area (Å²) >= 11 is 1.70. The Bertz CT molecular complexity index is 573. The zero-order chi connectivity index (χ0) is 13.2. The van der Waals surface area contributed by atoms with Gasteiger partial charge < -0.3 is 5.32 Å². The Morgan fingerprint density at radius 2 is 2.11 bits per heavy atom. The van der Waals surface area contributed by atoms with Crippen molar-refractivity contribution in [2.75, 3.05) is 13.1 Å². The molecule has 1 fully saturated rings. The van der Waals surface area contributed by atoms with Gasteiger partial charge in [-0.05, 0) is 44.5 Å². The van der Waals surface area contributed by atoms with Crippen molar-refractivity contribution >= 4 is 11.3 Å². The Balaban J connectivity index is 1.85. The highest BCUT2D eigenvalue weighted by molar-refractivity contribution is 7.10. The van der Waals surface area contributed by atoms with Gasteiger partial charge in [0.2, 0.25) is 0 Å². The van der Waals surface area contributed by atoms with E-state index in [9.17, 15) is 4.39 Å². The molecule has 3 rings (SSSR count). The number of nitrogens with one attached hydrogen (secondary N) is 1. The molecule has 0 saturated carbocycles. The second-order valence-corrected chi connectivity index (χ2v) is 5.95. The molecule has 0 atom stereocenters. The van der Waals surface area contributed by atoms with E-state index in [1.165, 1.54) is 5.01 Å². The van der Waals surface area contributed by atoms with Gasteiger partial charge in [0.25, 0.3) is 0 Å². The fourth-order valence-corrected chi connectivity index (χ4v) is 3.43. The van der Waals surface area contributed by atoms with E-state index in [2.05, 4.69) is 5.32 Å². The molecule has 0 bridgehead atoms. The maximum Gasteiger partial charge on any atom is 0.126 e. The van der Waals surface area contributed by atoms with Gasteiger partial charge in [0.1, 0.15) is 5.82 Å². The second kappa shape index (κ2) is 5.39. The summed E-state index contributed by atoms with van der Waals surface area (Å²) in [6.07, 6.45) is 2.30. The average Bonchev–Trinajstić information content (AvgIpc) is 2.93. The number of thiazole rings is 1. The molecule has 19 heavy (non-hydrogen) atoms. The highest BCUT2D eigenvalue weighted by Gasteiger charge is 2.18. The third-order valence-corrected chi connectivity index (χ3v) is 4.69. The van der Waals surface area contributed by atoms with Gasteiger partial charge in [0.15, 0.2) is 0 Å². The van der Waals surface area contributed by atoms with E-state index in [-0.39, 0.29) is 5.82 Å². The van der Waals surface area contributed by atoms with Crippen molar-refractivity contribution in [3.05, 3.63) is 40.0 Å². The molecule has 0 spiro atoms. The Labute approximate surface area is 116 Å². The van der Waals surface area contributed by atoms with Crippen LogP contribution in [0.3, 0.4) is 0 Å². The minimum Gasteiger partial charge on any atom is -0.317 e. The number of hydrogen-bond donors (Lipinski definition) is 1. The highest BCUT2D eigenvalue weighted by atomic mass is 32.1. The van der Waals surface area contributed by atoms with Crippen LogP contribution in [0.5, 0.6) is 0 Å². The lowest BCUT2D eigenvalue weighted by atomic mass is 9.99. The van der Waals surface area contributed by atoms with Crippen molar-refractivity contribution < 1.29 is 4.39 Å². The lowest BCUT2D eigenvalue weighted by Gasteiger charge is -2.20. The summed E-state index contributed by atoms with van der Waals surface area (Å²) in [4.78, 5) is 4.70. The summed E-state index contributed by atoms with van der Waals surface area (Å²) in [5.74, 6) is 0.407. The molecule has 1 aliphatic heterocycles. The van der Waals surface area contributed by atoms with Crippen LogP contribution in [-0.2, 0) is 0 Å². The first-order chi connectivity index (χ1) is 9.24. The predicted molar refractivity (Wildman–Crippen MR) is 77.1 cm³/mol. The molecule has 2 aromatic rings. The number of nitrogens with zero attached hydrogens (tertiary/aromatic N) is 1. The predicted octanol–water partition coefficient (Wildman–Crippen LogP) is 3.72. The van der Waals surface area contributed by atoms with Crippen molar-refractivity contribution in [1.82, 2.24) is 10.3 Å². The largest absolute Gasteiger partial charge is 0.317 e. The van der Waals surface area contributed by atoms with Crippen LogP contribution < -0.4 is 5.32 Å².